The van der Waals surface area contributed by atoms with Crippen molar-refractivity contribution in [2.45, 2.75) is 29.1 Å². The van der Waals surface area contributed by atoms with Gasteiger partial charge in [0.05, 0.1) is 6.42 Å². The Labute approximate surface area is 254 Å². The number of nitrogens with zero attached hydrogens (tertiary/aromatic N) is 3. The van der Waals surface area contributed by atoms with Crippen LogP contribution >= 0.6 is 46.2 Å². The fraction of sp³-hybridized carbons (Fsp3) is 0.333. The topological polar surface area (TPSA) is 150 Å². The number of hydrogen-bond donors (Lipinski definition) is 3. The Morgan fingerprint density at radius 2 is 1.97 bits per heavy atom. The summed E-state index contributed by atoms with van der Waals surface area (Å²) in [6.45, 7) is 1.83. The average Bonchev–Trinajstić information content (AvgIpc) is 3.38. The zero-order valence-electron chi connectivity index (χ0n) is 16.4. The van der Waals surface area contributed by atoms with Crippen molar-refractivity contribution in [3.63, 3.8) is 0 Å². The van der Waals surface area contributed by atoms with Crippen molar-refractivity contribution < 1.29 is 29.4 Å². The number of carbonyl (C=O) groups excluding carboxylic acids is 2. The molecule has 0 radical (unpaired) electrons. The second-order valence-corrected chi connectivity index (χ2v) is 11.3. The van der Waals surface area contributed by atoms with E-state index in [1.54, 1.807) is 11.4 Å². The van der Waals surface area contributed by atoms with Gasteiger partial charge in [-0.3, -0.25) is 14.5 Å². The Morgan fingerprint density at radius 1 is 1.24 bits per heavy atom. The van der Waals surface area contributed by atoms with Gasteiger partial charge in [0.1, 0.15) is 27.0 Å². The van der Waals surface area contributed by atoms with Crippen LogP contribution in [0.15, 0.2) is 27.1 Å². The molecule has 4 rings (SSSR count). The molecule has 16 heteroatoms. The zero-order chi connectivity index (χ0) is 23.0. The monoisotopic (exact) mass is 560 g/mol. The molecule has 0 saturated carbocycles. The van der Waals surface area contributed by atoms with E-state index in [2.05, 4.69) is 15.5 Å². The number of thioether (sulfide) groups is 2. The first-order valence-corrected chi connectivity index (χ1v) is 12.9. The third kappa shape index (κ3) is 6.28. The molecule has 3 N–H and O–H groups in total. The Bertz CT molecular complexity index is 1150. The summed E-state index contributed by atoms with van der Waals surface area (Å²) >= 11 is 5.19. The van der Waals surface area contributed by atoms with Crippen LogP contribution in [0.1, 0.15) is 20.2 Å². The molecule has 2 aliphatic heterocycles. The summed E-state index contributed by atoms with van der Waals surface area (Å²) in [6, 6.07) is 0.709. The van der Waals surface area contributed by atoms with Gasteiger partial charge in [-0.2, -0.15) is 0 Å². The molecule has 1 saturated heterocycles. The van der Waals surface area contributed by atoms with Crippen LogP contribution in [0.3, 0.4) is 0 Å². The van der Waals surface area contributed by atoms with Gasteiger partial charge in [0, 0.05) is 11.5 Å². The van der Waals surface area contributed by atoms with Gasteiger partial charge < -0.3 is 15.5 Å². The predicted octanol–water partition coefficient (Wildman–Crippen LogP) is 0.383. The number of rotatable bonds is 8. The first-order valence-electron chi connectivity index (χ1n) is 9.18. The summed E-state index contributed by atoms with van der Waals surface area (Å²) in [5.41, 5.74) is 0.931. The molecule has 0 aromatic carbocycles. The Kier molecular flexibility index (Phi) is 11.1. The summed E-state index contributed by atoms with van der Waals surface area (Å²) in [7, 11) is 0. The first kappa shape index (κ1) is 29.8. The second-order valence-electron chi connectivity index (χ2n) is 6.84. The van der Waals surface area contributed by atoms with Gasteiger partial charge in [-0.05, 0) is 29.5 Å². The van der Waals surface area contributed by atoms with Gasteiger partial charge in [-0.15, -0.1) is 33.3 Å². The van der Waals surface area contributed by atoms with Crippen LogP contribution < -0.4 is 5.32 Å². The molecule has 34 heavy (non-hydrogen) atoms. The van der Waals surface area contributed by atoms with E-state index in [4.69, 9.17) is 0 Å². The minimum absolute atomic E-state index is 0. The number of fused-ring (bicyclic) bond motifs is 1. The third-order valence-electron chi connectivity index (χ3n) is 4.74. The number of nitrogens with one attached hydrogen (secondary N) is 1. The normalized spacial score (nSPS) is 18.9. The summed E-state index contributed by atoms with van der Waals surface area (Å²) in [4.78, 5) is 49.6. The number of aryl methyl sites for hydroxylation is 1. The minimum atomic E-state index is -1.19. The number of carbonyl (C=O) groups is 4. The van der Waals surface area contributed by atoms with E-state index in [1.807, 2.05) is 6.92 Å². The molecule has 172 valence electrons. The summed E-state index contributed by atoms with van der Waals surface area (Å²) in [5, 5.41) is 31.4. The molecule has 1 unspecified atom stereocenters. The number of aromatic nitrogens is 2. The molecule has 2 aromatic heterocycles. The van der Waals surface area contributed by atoms with Crippen molar-refractivity contribution in [2.24, 2.45) is 0 Å². The zero-order valence-corrected chi connectivity index (χ0v) is 19.7. The van der Waals surface area contributed by atoms with Crippen LogP contribution in [0, 0.1) is 6.92 Å². The molecule has 2 aliphatic rings. The van der Waals surface area contributed by atoms with E-state index >= 15 is 0 Å². The Balaban J connectivity index is 0.00000204. The number of hydrogen-bond acceptors (Lipinski definition) is 10. The standard InChI is InChI=1S/C18H16N4O6S4.2Na.2H/c1-7-20-21-18(32-7)31-6-9-5-30-15-11(14(24)22(15)12(9)16(25)26)19-10(23)4-8-2-3-29-13(8)17(27)28;;;;/h2-3,11,15H,4-6H2,1H3,(H,19,23)(H,25,26)(H,27,28);;;;/t11?,15-;;;;/m1..../s1. The average molecular weight is 561 g/mol. The van der Waals surface area contributed by atoms with Gasteiger partial charge >= 0.3 is 71.1 Å². The molecule has 10 nitrogen and oxygen atoms in total. The van der Waals surface area contributed by atoms with Gasteiger partial charge in [0.2, 0.25) is 5.91 Å². The van der Waals surface area contributed by atoms with E-state index in [0.717, 1.165) is 20.7 Å². The number of amides is 2. The molecule has 4 heterocycles. The van der Waals surface area contributed by atoms with Crippen LogP contribution in [-0.4, -0.2) is 131 Å². The number of aromatic carboxylic acids is 1. The Hall–Kier alpha value is -0.420. The van der Waals surface area contributed by atoms with Crippen molar-refractivity contribution in [1.82, 2.24) is 20.4 Å². The van der Waals surface area contributed by atoms with Crippen LogP contribution in [0.2, 0.25) is 0 Å². The number of thiophene rings is 1. The second kappa shape index (κ2) is 12.7. The van der Waals surface area contributed by atoms with Crippen molar-refractivity contribution in [3.8, 4) is 0 Å². The van der Waals surface area contributed by atoms with Crippen molar-refractivity contribution in [3.05, 3.63) is 38.2 Å². The number of aliphatic carboxylic acids is 1. The number of carboxylic acids is 2. The summed E-state index contributed by atoms with van der Waals surface area (Å²) in [6.07, 6.45) is -0.170. The quantitative estimate of drug-likeness (QED) is 0.235. The SMILES string of the molecule is Cc1nnc(SCC2=C(C(=O)O)N3C(=O)C(NC(=O)Cc4ccsc4C(=O)O)[C@H]3SC2)s1.[NaH].[NaH]. The molecular weight excluding hydrogens is 542 g/mol. The Morgan fingerprint density at radius 3 is 2.59 bits per heavy atom. The van der Waals surface area contributed by atoms with E-state index in [9.17, 15) is 29.4 Å². The molecule has 2 atom stereocenters. The number of carboxylic acid groups (broad SMARTS) is 2. The van der Waals surface area contributed by atoms with E-state index in [0.29, 0.717) is 22.6 Å². The van der Waals surface area contributed by atoms with Gasteiger partial charge in [0.15, 0.2) is 4.34 Å². The predicted molar refractivity (Wildman–Crippen MR) is 134 cm³/mol. The van der Waals surface area contributed by atoms with E-state index in [-0.39, 0.29) is 76.1 Å². The molecular formula is C18H18N4Na2O6S4. The fourth-order valence-electron chi connectivity index (χ4n) is 3.34. The van der Waals surface area contributed by atoms with Crippen LogP contribution in [0.25, 0.3) is 0 Å². The van der Waals surface area contributed by atoms with Gasteiger partial charge in [0.25, 0.3) is 5.91 Å². The third-order valence-corrected chi connectivity index (χ3v) is 9.08. The van der Waals surface area contributed by atoms with Crippen LogP contribution in [-0.2, 0) is 20.8 Å². The van der Waals surface area contributed by atoms with Gasteiger partial charge in [-0.25, -0.2) is 9.59 Å². The fourth-order valence-corrected chi connectivity index (χ4v) is 7.40. The maximum absolute atomic E-state index is 12.7. The van der Waals surface area contributed by atoms with E-state index < -0.39 is 35.2 Å². The van der Waals surface area contributed by atoms with E-state index in [1.165, 1.54) is 39.8 Å². The summed E-state index contributed by atoms with van der Waals surface area (Å²) < 4.78 is 0.723. The maximum atomic E-state index is 12.7. The van der Waals surface area contributed by atoms with Gasteiger partial charge in [-0.1, -0.05) is 23.1 Å². The van der Waals surface area contributed by atoms with Crippen molar-refractivity contribution >= 4 is 129 Å². The van der Waals surface area contributed by atoms with Crippen molar-refractivity contribution in [2.75, 3.05) is 11.5 Å². The van der Waals surface area contributed by atoms with Crippen LogP contribution in [0.5, 0.6) is 0 Å². The molecule has 2 aromatic rings. The van der Waals surface area contributed by atoms with Crippen molar-refractivity contribution in [1.29, 1.82) is 0 Å². The molecule has 0 spiro atoms. The molecule has 0 bridgehead atoms. The van der Waals surface area contributed by atoms with Crippen LogP contribution in [0.4, 0.5) is 0 Å². The molecule has 1 fully saturated rings. The number of β-lactam (4-membered cyclic amide) rings is 1. The molecule has 2 amide bonds. The summed E-state index contributed by atoms with van der Waals surface area (Å²) in [5.74, 6) is -2.51. The first-order chi connectivity index (χ1) is 15.3. The molecule has 0 aliphatic carbocycles.